The molecule has 1 aromatic heterocycles. The fourth-order valence-electron chi connectivity index (χ4n) is 1.03. The van der Waals surface area contributed by atoms with Gasteiger partial charge in [-0.1, -0.05) is 27.7 Å². The largest absolute Gasteiger partial charge is 0.382 e. The third kappa shape index (κ3) is 3.07. The molecule has 0 saturated heterocycles. The molecule has 0 spiro atoms. The number of nitrogens with one attached hydrogen (secondary N) is 2. The SMILES string of the molecule is CC(C)C(C)(C)CNc1cn[nH]c(=O)c1Br. The normalized spacial score (nSPS) is 11.9. The molecule has 2 N–H and O–H groups in total. The van der Waals surface area contributed by atoms with Crippen molar-refractivity contribution < 1.29 is 0 Å². The van der Waals surface area contributed by atoms with Crippen molar-refractivity contribution in [2.75, 3.05) is 11.9 Å². The Morgan fingerprint density at radius 2 is 2.19 bits per heavy atom. The fraction of sp³-hybridized carbons (Fsp3) is 0.636. The maximum Gasteiger partial charge on any atom is 0.280 e. The zero-order valence-electron chi connectivity index (χ0n) is 10.1. The van der Waals surface area contributed by atoms with Crippen LogP contribution >= 0.6 is 15.9 Å². The standard InChI is InChI=1S/C11H18BrN3O/c1-7(2)11(3,4)6-13-8-5-14-15-10(16)9(8)12/h5,7H,6H2,1-4H3,(H2,13,15,16). The van der Waals surface area contributed by atoms with E-state index in [0.29, 0.717) is 10.4 Å². The molecule has 16 heavy (non-hydrogen) atoms. The summed E-state index contributed by atoms with van der Waals surface area (Å²) in [5, 5.41) is 9.37. The molecule has 0 aliphatic rings. The van der Waals surface area contributed by atoms with Crippen LogP contribution in [0.3, 0.4) is 0 Å². The molecule has 0 amide bonds. The third-order valence-corrected chi connectivity index (χ3v) is 3.88. The summed E-state index contributed by atoms with van der Waals surface area (Å²) in [4.78, 5) is 11.3. The van der Waals surface area contributed by atoms with Crippen molar-refractivity contribution >= 4 is 21.6 Å². The summed E-state index contributed by atoms with van der Waals surface area (Å²) < 4.78 is 0.502. The predicted octanol–water partition coefficient (Wildman–Crippen LogP) is 2.63. The molecule has 0 aliphatic heterocycles. The van der Waals surface area contributed by atoms with Crippen molar-refractivity contribution in [2.24, 2.45) is 11.3 Å². The van der Waals surface area contributed by atoms with Crippen LogP contribution in [-0.4, -0.2) is 16.7 Å². The van der Waals surface area contributed by atoms with Crippen LogP contribution < -0.4 is 10.9 Å². The van der Waals surface area contributed by atoms with Gasteiger partial charge in [0.15, 0.2) is 0 Å². The van der Waals surface area contributed by atoms with E-state index >= 15 is 0 Å². The molecule has 1 aromatic rings. The van der Waals surface area contributed by atoms with Crippen LogP contribution in [-0.2, 0) is 0 Å². The van der Waals surface area contributed by atoms with Gasteiger partial charge in [-0.15, -0.1) is 0 Å². The van der Waals surface area contributed by atoms with Gasteiger partial charge in [-0.25, -0.2) is 5.10 Å². The highest BCUT2D eigenvalue weighted by Gasteiger charge is 2.22. The van der Waals surface area contributed by atoms with Gasteiger partial charge in [0.1, 0.15) is 4.47 Å². The van der Waals surface area contributed by atoms with Gasteiger partial charge in [0.05, 0.1) is 11.9 Å². The fourth-order valence-corrected chi connectivity index (χ4v) is 1.37. The van der Waals surface area contributed by atoms with Crippen LogP contribution in [0.15, 0.2) is 15.5 Å². The number of halogens is 1. The Labute approximate surface area is 104 Å². The summed E-state index contributed by atoms with van der Waals surface area (Å²) in [7, 11) is 0. The average Bonchev–Trinajstić information content (AvgIpc) is 2.20. The summed E-state index contributed by atoms with van der Waals surface area (Å²) in [5.74, 6) is 0.564. The minimum Gasteiger partial charge on any atom is -0.382 e. The molecular weight excluding hydrogens is 270 g/mol. The number of aromatic amines is 1. The first-order valence-corrected chi connectivity index (χ1v) is 6.11. The van der Waals surface area contributed by atoms with Crippen LogP contribution in [0.2, 0.25) is 0 Å². The van der Waals surface area contributed by atoms with Crippen LogP contribution in [0, 0.1) is 11.3 Å². The molecule has 0 atom stereocenters. The van der Waals surface area contributed by atoms with Gasteiger partial charge in [-0.05, 0) is 27.3 Å². The topological polar surface area (TPSA) is 57.8 Å². The van der Waals surface area contributed by atoms with Gasteiger partial charge >= 0.3 is 0 Å². The second kappa shape index (κ2) is 4.99. The lowest BCUT2D eigenvalue weighted by molar-refractivity contribution is 0.269. The molecular formula is C11H18BrN3O. The Hall–Kier alpha value is -0.840. The molecule has 1 heterocycles. The van der Waals surface area contributed by atoms with Crippen LogP contribution in [0.1, 0.15) is 27.7 Å². The molecule has 0 bridgehead atoms. The summed E-state index contributed by atoms with van der Waals surface area (Å²) in [6.07, 6.45) is 1.61. The van der Waals surface area contributed by atoms with E-state index in [1.165, 1.54) is 0 Å². The van der Waals surface area contributed by atoms with E-state index < -0.39 is 0 Å². The number of anilines is 1. The minimum absolute atomic E-state index is 0.169. The number of aromatic nitrogens is 2. The van der Waals surface area contributed by atoms with Crippen molar-refractivity contribution in [1.82, 2.24) is 10.2 Å². The van der Waals surface area contributed by atoms with Crippen LogP contribution in [0.4, 0.5) is 5.69 Å². The van der Waals surface area contributed by atoms with E-state index in [4.69, 9.17) is 0 Å². The van der Waals surface area contributed by atoms with Gasteiger partial charge < -0.3 is 5.32 Å². The van der Waals surface area contributed by atoms with E-state index in [0.717, 1.165) is 12.2 Å². The smallest absolute Gasteiger partial charge is 0.280 e. The van der Waals surface area contributed by atoms with Gasteiger partial charge in [0.2, 0.25) is 0 Å². The van der Waals surface area contributed by atoms with Gasteiger partial charge in [-0.2, -0.15) is 5.10 Å². The quantitative estimate of drug-likeness (QED) is 0.895. The zero-order chi connectivity index (χ0) is 12.3. The van der Waals surface area contributed by atoms with Crippen molar-refractivity contribution in [3.63, 3.8) is 0 Å². The molecule has 0 aliphatic carbocycles. The number of hydrogen-bond donors (Lipinski definition) is 2. The van der Waals surface area contributed by atoms with Crippen molar-refractivity contribution in [3.05, 3.63) is 21.0 Å². The Kier molecular flexibility index (Phi) is 4.13. The average molecular weight is 288 g/mol. The highest BCUT2D eigenvalue weighted by atomic mass is 79.9. The molecule has 5 heteroatoms. The third-order valence-electron chi connectivity index (χ3n) is 3.09. The van der Waals surface area contributed by atoms with E-state index in [1.54, 1.807) is 6.20 Å². The number of nitrogens with zero attached hydrogens (tertiary/aromatic N) is 1. The molecule has 1 rings (SSSR count). The Balaban J connectivity index is 2.76. The number of H-pyrrole nitrogens is 1. The number of hydrogen-bond acceptors (Lipinski definition) is 3. The van der Waals surface area contributed by atoms with Crippen molar-refractivity contribution in [3.8, 4) is 0 Å². The zero-order valence-corrected chi connectivity index (χ0v) is 11.7. The molecule has 0 unspecified atom stereocenters. The van der Waals surface area contributed by atoms with Gasteiger partial charge in [0, 0.05) is 6.54 Å². The first-order chi connectivity index (χ1) is 7.34. The number of rotatable bonds is 4. The van der Waals surface area contributed by atoms with Crippen molar-refractivity contribution in [1.29, 1.82) is 0 Å². The highest BCUT2D eigenvalue weighted by molar-refractivity contribution is 9.10. The van der Waals surface area contributed by atoms with E-state index in [9.17, 15) is 4.79 Å². The maximum atomic E-state index is 11.3. The lowest BCUT2D eigenvalue weighted by atomic mass is 9.81. The second-order valence-electron chi connectivity index (χ2n) is 4.92. The van der Waals surface area contributed by atoms with E-state index in [-0.39, 0.29) is 11.0 Å². The van der Waals surface area contributed by atoms with Gasteiger partial charge in [0.25, 0.3) is 5.56 Å². The summed E-state index contributed by atoms with van der Waals surface area (Å²) in [6, 6.07) is 0. The first kappa shape index (κ1) is 13.2. The van der Waals surface area contributed by atoms with Crippen LogP contribution in [0.5, 0.6) is 0 Å². The van der Waals surface area contributed by atoms with E-state index in [1.807, 2.05) is 0 Å². The molecule has 0 saturated carbocycles. The van der Waals surface area contributed by atoms with E-state index in [2.05, 4.69) is 59.1 Å². The maximum absolute atomic E-state index is 11.3. The Morgan fingerprint density at radius 1 is 1.56 bits per heavy atom. The predicted molar refractivity (Wildman–Crippen MR) is 69.7 cm³/mol. The first-order valence-electron chi connectivity index (χ1n) is 5.31. The second-order valence-corrected chi connectivity index (χ2v) is 5.72. The summed E-state index contributed by atoms with van der Waals surface area (Å²) in [5.41, 5.74) is 0.687. The molecule has 4 nitrogen and oxygen atoms in total. The molecule has 90 valence electrons. The molecule has 0 fully saturated rings. The molecule has 0 aromatic carbocycles. The Morgan fingerprint density at radius 3 is 2.75 bits per heavy atom. The highest BCUT2D eigenvalue weighted by Crippen LogP contribution is 2.27. The lowest BCUT2D eigenvalue weighted by Crippen LogP contribution is -2.29. The molecule has 0 radical (unpaired) electrons. The van der Waals surface area contributed by atoms with Crippen molar-refractivity contribution in [2.45, 2.75) is 27.7 Å². The van der Waals surface area contributed by atoms with Gasteiger partial charge in [-0.3, -0.25) is 4.79 Å². The monoisotopic (exact) mass is 287 g/mol. The summed E-state index contributed by atoms with van der Waals surface area (Å²) >= 11 is 3.24. The minimum atomic E-state index is -0.215. The summed E-state index contributed by atoms with van der Waals surface area (Å²) in [6.45, 7) is 9.56. The lowest BCUT2D eigenvalue weighted by Gasteiger charge is -2.29. The Bertz CT molecular complexity index is 412. The van der Waals surface area contributed by atoms with Crippen LogP contribution in [0.25, 0.3) is 0 Å².